The molecule has 140 valence electrons. The molecule has 8 heteroatoms. The zero-order chi connectivity index (χ0) is 16.6. The van der Waals surface area contributed by atoms with Crippen LogP contribution in [0.4, 0.5) is 0 Å². The number of morpholine rings is 1. The second-order valence-corrected chi connectivity index (χ2v) is 6.05. The maximum absolute atomic E-state index is 5.66. The Morgan fingerprint density at radius 2 is 2.24 bits per heavy atom. The summed E-state index contributed by atoms with van der Waals surface area (Å²) in [5.74, 6) is 1.75. The van der Waals surface area contributed by atoms with Gasteiger partial charge in [0.25, 0.3) is 0 Å². The minimum atomic E-state index is 0. The van der Waals surface area contributed by atoms with Crippen LogP contribution in [0.1, 0.15) is 6.42 Å². The quantitative estimate of drug-likeness (QED) is 0.306. The lowest BCUT2D eigenvalue weighted by molar-refractivity contribution is 0.0195. The monoisotopic (exact) mass is 461 g/mol. The number of nitrogens with one attached hydrogen (secondary N) is 1. The van der Waals surface area contributed by atoms with Crippen molar-refractivity contribution < 1.29 is 9.47 Å². The van der Waals surface area contributed by atoms with Crippen molar-refractivity contribution in [3.63, 3.8) is 0 Å². The molecule has 1 aromatic heterocycles. The Morgan fingerprint density at radius 3 is 2.96 bits per heavy atom. The van der Waals surface area contributed by atoms with E-state index in [2.05, 4.69) is 25.1 Å². The third kappa shape index (κ3) is 5.96. The molecule has 2 aliphatic heterocycles. The molecule has 7 nitrogen and oxygen atoms in total. The first-order valence-electron chi connectivity index (χ1n) is 8.67. The Kier molecular flexibility index (Phi) is 8.70. The molecule has 2 fully saturated rings. The number of rotatable bonds is 5. The highest BCUT2D eigenvalue weighted by Gasteiger charge is 2.30. The largest absolute Gasteiger partial charge is 0.490 e. The number of pyridine rings is 1. The SMILES string of the molecule is CN=C(NCCOc1cccnc1)N1CCC(N2CCOCC2)C1.I. The van der Waals surface area contributed by atoms with Gasteiger partial charge in [-0.1, -0.05) is 0 Å². The van der Waals surface area contributed by atoms with E-state index in [-0.39, 0.29) is 24.0 Å². The van der Waals surface area contributed by atoms with Crippen LogP contribution in [0.25, 0.3) is 0 Å². The van der Waals surface area contributed by atoms with Crippen LogP contribution >= 0.6 is 24.0 Å². The van der Waals surface area contributed by atoms with E-state index < -0.39 is 0 Å². The first kappa shape index (κ1) is 20.2. The lowest BCUT2D eigenvalue weighted by Crippen LogP contribution is -2.47. The summed E-state index contributed by atoms with van der Waals surface area (Å²) in [6, 6.07) is 4.39. The zero-order valence-corrected chi connectivity index (χ0v) is 17.1. The van der Waals surface area contributed by atoms with Crippen molar-refractivity contribution in [2.45, 2.75) is 12.5 Å². The fourth-order valence-electron chi connectivity index (χ4n) is 3.27. The molecule has 3 heterocycles. The van der Waals surface area contributed by atoms with Gasteiger partial charge in [-0.2, -0.15) is 0 Å². The number of aromatic nitrogens is 1. The van der Waals surface area contributed by atoms with Gasteiger partial charge in [-0.15, -0.1) is 24.0 Å². The lowest BCUT2D eigenvalue weighted by Gasteiger charge is -2.32. The summed E-state index contributed by atoms with van der Waals surface area (Å²) >= 11 is 0. The van der Waals surface area contributed by atoms with Gasteiger partial charge in [-0.25, -0.2) is 0 Å². The van der Waals surface area contributed by atoms with Crippen molar-refractivity contribution in [1.29, 1.82) is 0 Å². The smallest absolute Gasteiger partial charge is 0.193 e. The summed E-state index contributed by atoms with van der Waals surface area (Å²) in [5, 5.41) is 3.39. The number of hydrogen-bond acceptors (Lipinski definition) is 5. The third-order valence-corrected chi connectivity index (χ3v) is 4.53. The lowest BCUT2D eigenvalue weighted by atomic mass is 10.2. The Labute approximate surface area is 166 Å². The minimum absolute atomic E-state index is 0. The number of aliphatic imine (C=N–C) groups is 1. The van der Waals surface area contributed by atoms with Crippen LogP contribution in [0.2, 0.25) is 0 Å². The first-order valence-corrected chi connectivity index (χ1v) is 8.67. The highest BCUT2D eigenvalue weighted by atomic mass is 127. The van der Waals surface area contributed by atoms with E-state index >= 15 is 0 Å². The minimum Gasteiger partial charge on any atom is -0.490 e. The van der Waals surface area contributed by atoms with Crippen LogP contribution in [0.15, 0.2) is 29.5 Å². The van der Waals surface area contributed by atoms with Gasteiger partial charge in [0.15, 0.2) is 5.96 Å². The molecule has 1 unspecified atom stereocenters. The molecule has 1 atom stereocenters. The van der Waals surface area contributed by atoms with Crippen LogP contribution in [0, 0.1) is 0 Å². The maximum atomic E-state index is 5.66. The van der Waals surface area contributed by atoms with Crippen LogP contribution in [-0.4, -0.2) is 86.4 Å². The van der Waals surface area contributed by atoms with Gasteiger partial charge in [0.2, 0.25) is 0 Å². The third-order valence-electron chi connectivity index (χ3n) is 4.53. The Morgan fingerprint density at radius 1 is 1.40 bits per heavy atom. The summed E-state index contributed by atoms with van der Waals surface area (Å²) < 4.78 is 11.1. The summed E-state index contributed by atoms with van der Waals surface area (Å²) in [6.45, 7) is 7.19. The molecule has 1 N–H and O–H groups in total. The van der Waals surface area contributed by atoms with Crippen molar-refractivity contribution >= 4 is 29.9 Å². The molecule has 3 rings (SSSR count). The molecule has 0 spiro atoms. The van der Waals surface area contributed by atoms with Gasteiger partial charge < -0.3 is 19.7 Å². The molecule has 2 saturated heterocycles. The molecule has 1 aromatic rings. The molecule has 2 aliphatic rings. The van der Waals surface area contributed by atoms with E-state index in [1.807, 2.05) is 19.2 Å². The molecule has 0 saturated carbocycles. The van der Waals surface area contributed by atoms with E-state index in [1.165, 1.54) is 6.42 Å². The van der Waals surface area contributed by atoms with Crippen molar-refractivity contribution in [3.8, 4) is 5.75 Å². The fraction of sp³-hybridized carbons (Fsp3) is 0.647. The van der Waals surface area contributed by atoms with E-state index in [0.717, 1.165) is 57.6 Å². The predicted octanol–water partition coefficient (Wildman–Crippen LogP) is 1.06. The highest BCUT2D eigenvalue weighted by Crippen LogP contribution is 2.17. The van der Waals surface area contributed by atoms with Crippen molar-refractivity contribution in [2.24, 2.45) is 4.99 Å². The average Bonchev–Trinajstić information content (AvgIpc) is 3.13. The van der Waals surface area contributed by atoms with E-state index in [0.29, 0.717) is 12.6 Å². The molecule has 0 aromatic carbocycles. The summed E-state index contributed by atoms with van der Waals surface area (Å²) in [4.78, 5) is 13.3. The summed E-state index contributed by atoms with van der Waals surface area (Å²) in [6.07, 6.45) is 4.65. The van der Waals surface area contributed by atoms with Gasteiger partial charge in [0.1, 0.15) is 12.4 Å². The zero-order valence-electron chi connectivity index (χ0n) is 14.8. The Bertz CT molecular complexity index is 525. The molecular formula is C17H28IN5O2. The van der Waals surface area contributed by atoms with Gasteiger partial charge in [-0.3, -0.25) is 14.9 Å². The van der Waals surface area contributed by atoms with Gasteiger partial charge in [-0.05, 0) is 18.6 Å². The first-order chi connectivity index (χ1) is 11.9. The molecule has 0 amide bonds. The van der Waals surface area contributed by atoms with Crippen LogP contribution in [-0.2, 0) is 4.74 Å². The van der Waals surface area contributed by atoms with E-state index in [1.54, 1.807) is 12.4 Å². The van der Waals surface area contributed by atoms with E-state index in [4.69, 9.17) is 9.47 Å². The predicted molar refractivity (Wildman–Crippen MR) is 109 cm³/mol. The standard InChI is InChI=1S/C17H27N5O2.HI/c1-18-17(20-6-10-24-16-3-2-5-19-13-16)22-7-4-15(14-22)21-8-11-23-12-9-21;/h2-3,5,13,15H,4,6-12,14H2,1H3,(H,18,20);1H. The van der Waals surface area contributed by atoms with Crippen molar-refractivity contribution in [2.75, 3.05) is 59.6 Å². The number of likely N-dealkylation sites (tertiary alicyclic amines) is 1. The molecule has 0 aliphatic carbocycles. The van der Waals surface area contributed by atoms with Crippen molar-refractivity contribution in [3.05, 3.63) is 24.5 Å². The molecule has 25 heavy (non-hydrogen) atoms. The topological polar surface area (TPSA) is 62.2 Å². The number of guanidine groups is 1. The normalized spacial score (nSPS) is 21.7. The number of nitrogens with zero attached hydrogens (tertiary/aromatic N) is 4. The van der Waals surface area contributed by atoms with E-state index in [9.17, 15) is 0 Å². The summed E-state index contributed by atoms with van der Waals surface area (Å²) in [7, 11) is 1.84. The molecule has 0 bridgehead atoms. The van der Waals surface area contributed by atoms with Gasteiger partial charge in [0, 0.05) is 45.5 Å². The Balaban J connectivity index is 0.00000225. The number of hydrogen-bond donors (Lipinski definition) is 1. The van der Waals surface area contributed by atoms with Crippen molar-refractivity contribution in [1.82, 2.24) is 20.1 Å². The van der Waals surface area contributed by atoms with Crippen LogP contribution in [0.5, 0.6) is 5.75 Å². The van der Waals surface area contributed by atoms with Crippen LogP contribution < -0.4 is 10.1 Å². The second-order valence-electron chi connectivity index (χ2n) is 6.05. The summed E-state index contributed by atoms with van der Waals surface area (Å²) in [5.41, 5.74) is 0. The number of halogens is 1. The fourth-order valence-corrected chi connectivity index (χ4v) is 3.27. The average molecular weight is 461 g/mol. The van der Waals surface area contributed by atoms with Gasteiger partial charge >= 0.3 is 0 Å². The number of ether oxygens (including phenoxy) is 2. The molecular weight excluding hydrogens is 433 g/mol. The highest BCUT2D eigenvalue weighted by molar-refractivity contribution is 14.0. The van der Waals surface area contributed by atoms with Crippen LogP contribution in [0.3, 0.4) is 0 Å². The molecule has 0 radical (unpaired) electrons. The van der Waals surface area contributed by atoms with Gasteiger partial charge in [0.05, 0.1) is 26.0 Å². The Hall–Kier alpha value is -1.13. The maximum Gasteiger partial charge on any atom is 0.193 e. The second kappa shape index (κ2) is 10.8.